The fourth-order valence-corrected chi connectivity index (χ4v) is 5.21. The summed E-state index contributed by atoms with van der Waals surface area (Å²) in [5, 5.41) is 35.4. The van der Waals surface area contributed by atoms with Gasteiger partial charge in [-0.1, -0.05) is 96.8 Å². The predicted molar refractivity (Wildman–Crippen MR) is 160 cm³/mol. The Morgan fingerprint density at radius 1 is 0.857 bits per heavy atom. The molecule has 0 aromatic carbocycles. The number of carboxylic acids is 1. The Hall–Kier alpha value is -1.79. The molecule has 1 aliphatic rings. The molecule has 0 aliphatic carbocycles. The molecule has 1 saturated heterocycles. The summed E-state index contributed by atoms with van der Waals surface area (Å²) >= 11 is 0. The van der Waals surface area contributed by atoms with Crippen molar-refractivity contribution in [2.45, 2.75) is 160 Å². The first-order chi connectivity index (χ1) is 20.1. The van der Waals surface area contributed by atoms with Crippen LogP contribution < -0.4 is 10.6 Å². The quantitative estimate of drug-likeness (QED) is 0.0767. The van der Waals surface area contributed by atoms with E-state index in [4.69, 9.17) is 19.3 Å². The molecule has 1 unspecified atom stereocenters. The van der Waals surface area contributed by atoms with Gasteiger partial charge in [-0.15, -0.1) is 0 Å². The van der Waals surface area contributed by atoms with E-state index in [-0.39, 0.29) is 26.1 Å². The van der Waals surface area contributed by atoms with Crippen LogP contribution in [0.3, 0.4) is 0 Å². The Kier molecular flexibility index (Phi) is 21.5. The van der Waals surface area contributed by atoms with Crippen molar-refractivity contribution in [2.24, 2.45) is 0 Å². The summed E-state index contributed by atoms with van der Waals surface area (Å²) in [6.45, 7) is 4.81. The highest BCUT2D eigenvalue weighted by molar-refractivity contribution is 5.73. The predicted octanol–water partition coefficient (Wildman–Crippen LogP) is 3.82. The summed E-state index contributed by atoms with van der Waals surface area (Å²) in [4.78, 5) is 34.7. The van der Waals surface area contributed by atoms with Crippen molar-refractivity contribution in [3.8, 4) is 0 Å². The number of carbonyl (C=O) groups is 3. The van der Waals surface area contributed by atoms with Gasteiger partial charge in [0.25, 0.3) is 0 Å². The first-order valence-corrected chi connectivity index (χ1v) is 16.2. The normalized spacial score (nSPS) is 22.9. The van der Waals surface area contributed by atoms with Crippen LogP contribution in [-0.4, -0.2) is 89.6 Å². The van der Waals surface area contributed by atoms with Crippen LogP contribution in [0, 0.1) is 0 Å². The van der Waals surface area contributed by atoms with Gasteiger partial charge < -0.3 is 40.2 Å². The van der Waals surface area contributed by atoms with E-state index in [1.165, 1.54) is 84.0 Å². The molecule has 11 heteroatoms. The number of nitrogens with one attached hydrogen (secondary N) is 2. The number of aliphatic hydroxyl groups excluding tert-OH is 2. The second-order valence-electron chi connectivity index (χ2n) is 11.6. The third kappa shape index (κ3) is 18.0. The van der Waals surface area contributed by atoms with E-state index in [0.29, 0.717) is 0 Å². The monoisotopic (exact) mass is 602 g/mol. The lowest BCUT2D eigenvalue weighted by Gasteiger charge is -2.43. The zero-order valence-corrected chi connectivity index (χ0v) is 26.2. The molecule has 246 valence electrons. The Bertz CT molecular complexity index is 739. The van der Waals surface area contributed by atoms with Crippen molar-refractivity contribution in [1.82, 2.24) is 10.6 Å². The molecule has 42 heavy (non-hydrogen) atoms. The smallest absolute Gasteiger partial charge is 0.317 e. The highest BCUT2D eigenvalue weighted by Gasteiger charge is 2.47. The lowest BCUT2D eigenvalue weighted by molar-refractivity contribution is -0.268. The number of aliphatic carboxylic acids is 1. The summed E-state index contributed by atoms with van der Waals surface area (Å²) in [5.41, 5.74) is 0. The minimum absolute atomic E-state index is 0.165. The van der Waals surface area contributed by atoms with E-state index in [9.17, 15) is 24.6 Å². The summed E-state index contributed by atoms with van der Waals surface area (Å²) in [5.74, 6) is -1.87. The van der Waals surface area contributed by atoms with E-state index < -0.39 is 54.6 Å². The molecule has 1 aliphatic heterocycles. The standard InChI is InChI=1S/C31H58N2O9/c1-4-5-6-7-8-9-10-11-12-13-14-15-16-17-18-19-27(37)40-22-25-29(38)30(28(31(39)42-25)33-24(3)34)41-23(2)20-32-21-26(35)36/h23,25,28-32,38-39H,4-22H2,1-3H3,(H,33,34)(H,35,36)/t23?,25-,28-,29-,30-,31+/m1/s1. The van der Waals surface area contributed by atoms with Crippen LogP contribution in [0.25, 0.3) is 0 Å². The Morgan fingerprint density at radius 3 is 1.88 bits per heavy atom. The number of unbranched alkanes of at least 4 members (excludes halogenated alkanes) is 14. The second-order valence-corrected chi connectivity index (χ2v) is 11.6. The SMILES string of the molecule is CCCCCCCCCCCCCCCCCC(=O)OC[C@H]1O[C@H](O)[C@H](NC(C)=O)[C@@H](OC(C)CNCC(=O)O)[C@@H]1O. The molecule has 1 fully saturated rings. The average molecular weight is 603 g/mol. The summed E-state index contributed by atoms with van der Waals surface area (Å²) in [6.07, 6.45) is 13.4. The molecule has 1 rings (SSSR count). The van der Waals surface area contributed by atoms with Crippen molar-refractivity contribution in [1.29, 1.82) is 0 Å². The van der Waals surface area contributed by atoms with Gasteiger partial charge in [0.05, 0.1) is 12.6 Å². The molecular weight excluding hydrogens is 544 g/mol. The van der Waals surface area contributed by atoms with Gasteiger partial charge in [0.2, 0.25) is 5.91 Å². The third-order valence-electron chi connectivity index (χ3n) is 7.55. The number of amides is 1. The van der Waals surface area contributed by atoms with Crippen molar-refractivity contribution < 1.29 is 43.9 Å². The zero-order chi connectivity index (χ0) is 31.2. The zero-order valence-electron chi connectivity index (χ0n) is 26.2. The van der Waals surface area contributed by atoms with Crippen molar-refractivity contribution >= 4 is 17.8 Å². The summed E-state index contributed by atoms with van der Waals surface area (Å²) < 4.78 is 16.6. The van der Waals surface area contributed by atoms with E-state index in [2.05, 4.69) is 17.6 Å². The van der Waals surface area contributed by atoms with Crippen LogP contribution in [-0.2, 0) is 28.6 Å². The molecule has 1 heterocycles. The number of rotatable bonds is 25. The number of esters is 1. The Morgan fingerprint density at radius 2 is 1.38 bits per heavy atom. The van der Waals surface area contributed by atoms with E-state index in [1.807, 2.05) is 0 Å². The number of hydrogen-bond acceptors (Lipinski definition) is 9. The van der Waals surface area contributed by atoms with Gasteiger partial charge in [-0.05, 0) is 13.3 Å². The maximum absolute atomic E-state index is 12.3. The van der Waals surface area contributed by atoms with Gasteiger partial charge in [0.1, 0.15) is 31.0 Å². The van der Waals surface area contributed by atoms with E-state index >= 15 is 0 Å². The number of ether oxygens (including phenoxy) is 3. The fraction of sp³-hybridized carbons (Fsp3) is 0.903. The van der Waals surface area contributed by atoms with Gasteiger partial charge in [-0.25, -0.2) is 0 Å². The number of aliphatic hydroxyl groups is 2. The summed E-state index contributed by atoms with van der Waals surface area (Å²) in [7, 11) is 0. The van der Waals surface area contributed by atoms with Gasteiger partial charge in [-0.2, -0.15) is 0 Å². The highest BCUT2D eigenvalue weighted by atomic mass is 16.6. The first-order valence-electron chi connectivity index (χ1n) is 16.2. The van der Waals surface area contributed by atoms with Crippen LogP contribution in [0.2, 0.25) is 0 Å². The molecule has 11 nitrogen and oxygen atoms in total. The lowest BCUT2D eigenvalue weighted by atomic mass is 9.96. The lowest BCUT2D eigenvalue weighted by Crippen LogP contribution is -2.65. The van der Waals surface area contributed by atoms with Crippen molar-refractivity contribution in [3.05, 3.63) is 0 Å². The first kappa shape index (κ1) is 38.2. The third-order valence-corrected chi connectivity index (χ3v) is 7.55. The fourth-order valence-electron chi connectivity index (χ4n) is 5.21. The number of hydrogen-bond donors (Lipinski definition) is 5. The Labute approximate surface area is 252 Å². The van der Waals surface area contributed by atoms with E-state index in [0.717, 1.165) is 19.3 Å². The van der Waals surface area contributed by atoms with Crippen LogP contribution in [0.15, 0.2) is 0 Å². The van der Waals surface area contributed by atoms with E-state index in [1.54, 1.807) is 6.92 Å². The maximum Gasteiger partial charge on any atom is 0.317 e. The largest absolute Gasteiger partial charge is 0.480 e. The molecule has 0 saturated carbocycles. The molecule has 0 aromatic heterocycles. The molecule has 0 aromatic rings. The molecule has 0 bridgehead atoms. The number of carbonyl (C=O) groups excluding carboxylic acids is 2. The second kappa shape index (κ2) is 23.6. The molecule has 0 radical (unpaired) electrons. The van der Waals surface area contributed by atoms with Gasteiger partial charge in [0, 0.05) is 19.9 Å². The summed E-state index contributed by atoms with van der Waals surface area (Å²) in [6, 6.07) is -1.06. The maximum atomic E-state index is 12.3. The van der Waals surface area contributed by atoms with Gasteiger partial charge >= 0.3 is 11.9 Å². The Balaban J connectivity index is 2.26. The number of carboxylic acid groups (broad SMARTS) is 1. The van der Waals surface area contributed by atoms with Crippen LogP contribution in [0.1, 0.15) is 124 Å². The molecular formula is C31H58N2O9. The molecule has 6 atom stereocenters. The van der Waals surface area contributed by atoms with Gasteiger partial charge in [-0.3, -0.25) is 14.4 Å². The van der Waals surface area contributed by atoms with Crippen molar-refractivity contribution in [2.75, 3.05) is 19.7 Å². The molecule has 5 N–H and O–H groups in total. The highest BCUT2D eigenvalue weighted by Crippen LogP contribution is 2.24. The van der Waals surface area contributed by atoms with Crippen molar-refractivity contribution in [3.63, 3.8) is 0 Å². The average Bonchev–Trinajstić information content (AvgIpc) is 2.93. The topological polar surface area (TPSA) is 164 Å². The molecule has 1 amide bonds. The minimum Gasteiger partial charge on any atom is -0.480 e. The van der Waals surface area contributed by atoms with Crippen LogP contribution >= 0.6 is 0 Å². The van der Waals surface area contributed by atoms with Crippen LogP contribution in [0.5, 0.6) is 0 Å². The van der Waals surface area contributed by atoms with Crippen LogP contribution in [0.4, 0.5) is 0 Å². The minimum atomic E-state index is -1.50. The molecule has 0 spiro atoms. The van der Waals surface area contributed by atoms with Gasteiger partial charge in [0.15, 0.2) is 6.29 Å².